The quantitative estimate of drug-likeness (QED) is 0.620. The van der Waals surface area contributed by atoms with Crippen molar-refractivity contribution in [3.8, 4) is 0 Å². The second-order valence-corrected chi connectivity index (χ2v) is 5.78. The van der Waals surface area contributed by atoms with Crippen LogP contribution in [0.15, 0.2) is 16.1 Å². The molecule has 1 fully saturated rings. The molecule has 1 atom stereocenters. The predicted molar refractivity (Wildman–Crippen MR) is 78.1 cm³/mol. The number of nitrogens with one attached hydrogen (secondary N) is 1. The maximum atomic E-state index is 12.7. The Morgan fingerprint density at radius 1 is 1.35 bits per heavy atom. The molecule has 1 N–H and O–H groups in total. The smallest absolute Gasteiger partial charge is 0.352 e. The number of alkyl halides is 3. The molecule has 0 aromatic heterocycles. The normalized spacial score (nSPS) is 19.9. The Kier molecular flexibility index (Phi) is 6.32. The van der Waals surface area contributed by atoms with E-state index < -0.39 is 12.2 Å². The lowest BCUT2D eigenvalue weighted by Crippen LogP contribution is -2.56. The first-order chi connectivity index (χ1) is 9.25. The summed E-state index contributed by atoms with van der Waals surface area (Å²) in [4.78, 5) is 7.54. The number of nitrogens with zero attached hydrogens (tertiary/aromatic N) is 3. The lowest BCUT2D eigenvalue weighted by Gasteiger charge is -2.39. The maximum absolute atomic E-state index is 12.7. The predicted octanol–water partition coefficient (Wildman–Crippen LogP) is 2.04. The van der Waals surface area contributed by atoms with Crippen molar-refractivity contribution in [2.75, 3.05) is 39.8 Å². The van der Waals surface area contributed by atoms with Gasteiger partial charge in [0.1, 0.15) is 6.04 Å². The summed E-state index contributed by atoms with van der Waals surface area (Å²) in [5.74, 6) is 0.685. The van der Waals surface area contributed by atoms with Crippen molar-refractivity contribution in [1.29, 1.82) is 0 Å². The summed E-state index contributed by atoms with van der Waals surface area (Å²) in [5, 5.41) is 3.10. The molecule has 1 aliphatic heterocycles. The van der Waals surface area contributed by atoms with Crippen LogP contribution in [0.1, 0.15) is 6.92 Å². The van der Waals surface area contributed by atoms with E-state index in [1.54, 1.807) is 7.05 Å². The Morgan fingerprint density at radius 3 is 2.30 bits per heavy atom. The van der Waals surface area contributed by atoms with Crippen LogP contribution in [0.4, 0.5) is 13.2 Å². The Hall–Kier alpha value is -0.760. The average Bonchev–Trinajstić information content (AvgIpc) is 2.38. The molecule has 0 saturated carbocycles. The zero-order chi connectivity index (χ0) is 15.3. The molecule has 1 aliphatic rings. The molecule has 20 heavy (non-hydrogen) atoms. The molecule has 1 heterocycles. The van der Waals surface area contributed by atoms with E-state index in [1.807, 2.05) is 4.90 Å². The highest BCUT2D eigenvalue weighted by molar-refractivity contribution is 9.11. The summed E-state index contributed by atoms with van der Waals surface area (Å²) in [6, 6.07) is -1.40. The van der Waals surface area contributed by atoms with Crippen molar-refractivity contribution >= 4 is 21.9 Å². The van der Waals surface area contributed by atoms with Gasteiger partial charge >= 0.3 is 6.18 Å². The average molecular weight is 357 g/mol. The maximum Gasteiger partial charge on any atom is 0.403 e. The van der Waals surface area contributed by atoms with Gasteiger partial charge in [0.2, 0.25) is 0 Å². The molecule has 0 aliphatic carbocycles. The van der Waals surface area contributed by atoms with Crippen LogP contribution in [-0.4, -0.2) is 67.7 Å². The molecular formula is C12H20BrF3N4. The lowest BCUT2D eigenvalue weighted by molar-refractivity contribution is -0.181. The van der Waals surface area contributed by atoms with Gasteiger partial charge in [0.05, 0.1) is 0 Å². The molecule has 0 bridgehead atoms. The van der Waals surface area contributed by atoms with Crippen LogP contribution in [0.2, 0.25) is 0 Å². The zero-order valence-electron chi connectivity index (χ0n) is 11.7. The number of aliphatic imine (C=N–C) groups is 1. The van der Waals surface area contributed by atoms with Gasteiger partial charge in [-0.15, -0.1) is 0 Å². The Bertz CT molecular complexity index is 362. The van der Waals surface area contributed by atoms with E-state index in [0.29, 0.717) is 38.7 Å². The van der Waals surface area contributed by atoms with E-state index in [0.717, 1.165) is 4.48 Å². The van der Waals surface area contributed by atoms with Gasteiger partial charge in [0, 0.05) is 44.3 Å². The van der Waals surface area contributed by atoms with Crippen LogP contribution in [0.3, 0.4) is 0 Å². The number of hydrogen-bond acceptors (Lipinski definition) is 2. The topological polar surface area (TPSA) is 30.9 Å². The molecule has 8 heteroatoms. The number of hydrogen-bond donors (Lipinski definition) is 1. The largest absolute Gasteiger partial charge is 0.403 e. The second-order valence-electron chi connectivity index (χ2n) is 4.66. The van der Waals surface area contributed by atoms with Gasteiger partial charge in [0.25, 0.3) is 0 Å². The van der Waals surface area contributed by atoms with E-state index >= 15 is 0 Å². The minimum atomic E-state index is -4.17. The van der Waals surface area contributed by atoms with E-state index in [-0.39, 0.29) is 0 Å². The van der Waals surface area contributed by atoms with Crippen LogP contribution >= 0.6 is 15.9 Å². The van der Waals surface area contributed by atoms with Gasteiger partial charge in [-0.3, -0.25) is 9.89 Å². The van der Waals surface area contributed by atoms with Crippen LogP contribution in [0, 0.1) is 0 Å². The number of piperazine rings is 1. The van der Waals surface area contributed by atoms with Gasteiger partial charge in [-0.2, -0.15) is 13.2 Å². The first kappa shape index (κ1) is 17.3. The molecule has 116 valence electrons. The minimum Gasteiger partial charge on any atom is -0.352 e. The van der Waals surface area contributed by atoms with Crippen molar-refractivity contribution in [2.45, 2.75) is 19.1 Å². The molecule has 4 nitrogen and oxygen atoms in total. The highest BCUT2D eigenvalue weighted by Crippen LogP contribution is 2.25. The van der Waals surface area contributed by atoms with E-state index in [4.69, 9.17) is 0 Å². The van der Waals surface area contributed by atoms with E-state index in [1.165, 1.54) is 11.8 Å². The van der Waals surface area contributed by atoms with E-state index in [9.17, 15) is 13.2 Å². The number of rotatable bonds is 3. The second kappa shape index (κ2) is 7.31. The summed E-state index contributed by atoms with van der Waals surface area (Å²) >= 11 is 3.24. The highest BCUT2D eigenvalue weighted by atomic mass is 79.9. The Labute approximate surface area is 125 Å². The van der Waals surface area contributed by atoms with Crippen LogP contribution in [0.25, 0.3) is 0 Å². The third kappa shape index (κ3) is 4.97. The third-order valence-electron chi connectivity index (χ3n) is 3.29. The molecule has 0 aromatic rings. The standard InChI is InChI=1S/C12H20BrF3N4/c1-9(13)8-18-11(17-3)20-6-4-19(5-7-20)10(2)12(14,15)16/h10H,1,4-8H2,2-3H3,(H,17,18). The first-order valence-corrected chi connectivity index (χ1v) is 7.14. The minimum absolute atomic E-state index is 0.372. The van der Waals surface area contributed by atoms with Crippen LogP contribution < -0.4 is 5.32 Å². The van der Waals surface area contributed by atoms with Gasteiger partial charge in [-0.1, -0.05) is 22.5 Å². The Balaban J connectivity index is 2.50. The molecule has 1 unspecified atom stereocenters. The SMILES string of the molecule is C=C(Br)CNC(=NC)N1CCN(C(C)C(F)(F)F)CC1. The summed E-state index contributed by atoms with van der Waals surface area (Å²) in [7, 11) is 1.66. The lowest BCUT2D eigenvalue weighted by atomic mass is 10.2. The summed E-state index contributed by atoms with van der Waals surface area (Å²) < 4.78 is 38.8. The molecule has 0 spiro atoms. The molecule has 1 saturated heterocycles. The van der Waals surface area contributed by atoms with Gasteiger partial charge in [-0.25, -0.2) is 0 Å². The van der Waals surface area contributed by atoms with Gasteiger partial charge < -0.3 is 10.2 Å². The first-order valence-electron chi connectivity index (χ1n) is 6.35. The van der Waals surface area contributed by atoms with Gasteiger partial charge in [-0.05, 0) is 6.92 Å². The molecule has 0 aromatic carbocycles. The van der Waals surface area contributed by atoms with Gasteiger partial charge in [0.15, 0.2) is 5.96 Å². The third-order valence-corrected chi connectivity index (χ3v) is 3.57. The van der Waals surface area contributed by atoms with Crippen molar-refractivity contribution in [3.63, 3.8) is 0 Å². The number of halogens is 4. The monoisotopic (exact) mass is 356 g/mol. The zero-order valence-corrected chi connectivity index (χ0v) is 13.3. The fourth-order valence-electron chi connectivity index (χ4n) is 2.04. The van der Waals surface area contributed by atoms with Crippen molar-refractivity contribution in [1.82, 2.24) is 15.1 Å². The van der Waals surface area contributed by atoms with Crippen LogP contribution in [0.5, 0.6) is 0 Å². The summed E-state index contributed by atoms with van der Waals surface area (Å²) in [5.41, 5.74) is 0. The van der Waals surface area contributed by atoms with Crippen molar-refractivity contribution in [2.24, 2.45) is 4.99 Å². The van der Waals surface area contributed by atoms with Crippen LogP contribution in [-0.2, 0) is 0 Å². The number of guanidine groups is 1. The molecular weight excluding hydrogens is 337 g/mol. The molecule has 0 radical (unpaired) electrons. The molecule has 0 amide bonds. The van der Waals surface area contributed by atoms with Crippen molar-refractivity contribution in [3.05, 3.63) is 11.1 Å². The summed E-state index contributed by atoms with van der Waals surface area (Å²) in [6.07, 6.45) is -4.17. The van der Waals surface area contributed by atoms with Crippen molar-refractivity contribution < 1.29 is 13.2 Å². The fraction of sp³-hybridized carbons (Fsp3) is 0.750. The molecule has 1 rings (SSSR count). The fourth-order valence-corrected chi connectivity index (χ4v) is 2.18. The Morgan fingerprint density at radius 2 is 1.90 bits per heavy atom. The van der Waals surface area contributed by atoms with E-state index in [2.05, 4.69) is 32.8 Å². The summed E-state index contributed by atoms with van der Waals surface area (Å²) in [6.45, 7) is 7.24. The highest BCUT2D eigenvalue weighted by Gasteiger charge is 2.40.